The van der Waals surface area contributed by atoms with E-state index in [1.165, 1.54) is 6.92 Å². The standard InChI is InChI=1S/C20H25N3O2/c1-15(24)22-19-18(17-8-4-3-5-9-17)23(12-10-20(19,2)25)14-16-7-6-11-21-13-16/h3-9,11,13,18-19,25H,10,12,14H2,1-2H3,(H,22,24). The number of likely N-dealkylation sites (tertiary alicyclic amines) is 1. The predicted octanol–water partition coefficient (Wildman–Crippen LogP) is 2.28. The fourth-order valence-corrected chi connectivity index (χ4v) is 3.63. The van der Waals surface area contributed by atoms with Crippen molar-refractivity contribution >= 4 is 5.91 Å². The van der Waals surface area contributed by atoms with E-state index in [1.54, 1.807) is 6.20 Å². The number of pyridine rings is 1. The maximum atomic E-state index is 11.8. The first-order valence-corrected chi connectivity index (χ1v) is 8.65. The van der Waals surface area contributed by atoms with Gasteiger partial charge in [-0.05, 0) is 30.5 Å². The van der Waals surface area contributed by atoms with Crippen molar-refractivity contribution in [1.82, 2.24) is 15.2 Å². The summed E-state index contributed by atoms with van der Waals surface area (Å²) >= 11 is 0. The number of benzene rings is 1. The van der Waals surface area contributed by atoms with Gasteiger partial charge in [-0.1, -0.05) is 36.4 Å². The first-order valence-electron chi connectivity index (χ1n) is 8.65. The molecular weight excluding hydrogens is 314 g/mol. The minimum Gasteiger partial charge on any atom is -0.388 e. The SMILES string of the molecule is CC(=O)NC1C(c2ccccc2)N(Cc2cccnc2)CCC1(C)O. The molecule has 5 heteroatoms. The summed E-state index contributed by atoms with van der Waals surface area (Å²) in [4.78, 5) is 18.3. The van der Waals surface area contributed by atoms with Crippen molar-refractivity contribution in [3.8, 4) is 0 Å². The van der Waals surface area contributed by atoms with Crippen LogP contribution in [-0.4, -0.2) is 39.1 Å². The van der Waals surface area contributed by atoms with Crippen LogP contribution < -0.4 is 5.32 Å². The third kappa shape index (κ3) is 4.06. The first kappa shape index (κ1) is 17.6. The molecule has 2 heterocycles. The van der Waals surface area contributed by atoms with Crippen molar-refractivity contribution in [3.05, 3.63) is 66.0 Å². The Morgan fingerprint density at radius 2 is 2.08 bits per heavy atom. The smallest absolute Gasteiger partial charge is 0.217 e. The van der Waals surface area contributed by atoms with Crippen LogP contribution in [0.4, 0.5) is 0 Å². The van der Waals surface area contributed by atoms with Crippen molar-refractivity contribution in [2.24, 2.45) is 0 Å². The van der Waals surface area contributed by atoms with E-state index in [9.17, 15) is 9.90 Å². The highest BCUT2D eigenvalue weighted by atomic mass is 16.3. The van der Waals surface area contributed by atoms with Gasteiger partial charge in [-0.15, -0.1) is 0 Å². The maximum Gasteiger partial charge on any atom is 0.217 e. The molecule has 1 aliphatic rings. The summed E-state index contributed by atoms with van der Waals surface area (Å²) in [5.74, 6) is -0.130. The number of nitrogens with one attached hydrogen (secondary N) is 1. The van der Waals surface area contributed by atoms with Crippen LogP contribution in [0.5, 0.6) is 0 Å². The lowest BCUT2D eigenvalue weighted by Crippen LogP contribution is -2.62. The largest absolute Gasteiger partial charge is 0.388 e. The summed E-state index contributed by atoms with van der Waals surface area (Å²) in [5.41, 5.74) is 1.24. The molecule has 1 fully saturated rings. The van der Waals surface area contributed by atoms with Crippen molar-refractivity contribution in [2.75, 3.05) is 6.54 Å². The van der Waals surface area contributed by atoms with Crippen LogP contribution >= 0.6 is 0 Å². The Morgan fingerprint density at radius 1 is 1.32 bits per heavy atom. The minimum atomic E-state index is -0.961. The van der Waals surface area contributed by atoms with Gasteiger partial charge in [0, 0.05) is 32.4 Å². The van der Waals surface area contributed by atoms with E-state index in [1.807, 2.05) is 37.4 Å². The summed E-state index contributed by atoms with van der Waals surface area (Å²) in [7, 11) is 0. The molecule has 0 aliphatic carbocycles. The second-order valence-electron chi connectivity index (χ2n) is 6.97. The van der Waals surface area contributed by atoms with Gasteiger partial charge in [-0.25, -0.2) is 0 Å². The lowest BCUT2D eigenvalue weighted by molar-refractivity contribution is -0.126. The Kier molecular flexibility index (Phi) is 5.16. The average Bonchev–Trinajstić information content (AvgIpc) is 2.59. The molecule has 3 unspecified atom stereocenters. The van der Waals surface area contributed by atoms with Crippen LogP contribution in [-0.2, 0) is 11.3 Å². The Labute approximate surface area is 148 Å². The van der Waals surface area contributed by atoms with Gasteiger partial charge in [0.15, 0.2) is 0 Å². The lowest BCUT2D eigenvalue weighted by Gasteiger charge is -2.49. The summed E-state index contributed by atoms with van der Waals surface area (Å²) < 4.78 is 0. The van der Waals surface area contributed by atoms with E-state index in [-0.39, 0.29) is 18.0 Å². The van der Waals surface area contributed by atoms with Gasteiger partial charge >= 0.3 is 0 Å². The number of carbonyl (C=O) groups is 1. The van der Waals surface area contributed by atoms with Crippen molar-refractivity contribution in [1.29, 1.82) is 0 Å². The van der Waals surface area contributed by atoms with Gasteiger partial charge in [-0.2, -0.15) is 0 Å². The zero-order chi connectivity index (χ0) is 17.9. The van der Waals surface area contributed by atoms with E-state index in [0.717, 1.165) is 24.2 Å². The van der Waals surface area contributed by atoms with Gasteiger partial charge in [0.05, 0.1) is 17.7 Å². The van der Waals surface area contributed by atoms with E-state index < -0.39 is 5.60 Å². The van der Waals surface area contributed by atoms with Crippen LogP contribution in [0.2, 0.25) is 0 Å². The number of nitrogens with zero attached hydrogens (tertiary/aromatic N) is 2. The molecule has 1 amide bonds. The van der Waals surface area contributed by atoms with Gasteiger partial charge in [0.1, 0.15) is 0 Å². The van der Waals surface area contributed by atoms with Crippen LogP contribution in [0, 0.1) is 0 Å². The minimum absolute atomic E-state index is 0.103. The van der Waals surface area contributed by atoms with Crippen LogP contribution in [0.25, 0.3) is 0 Å². The van der Waals surface area contributed by atoms with Gasteiger partial charge in [-0.3, -0.25) is 14.7 Å². The van der Waals surface area contributed by atoms with Crippen molar-refractivity contribution in [3.63, 3.8) is 0 Å². The number of hydrogen-bond acceptors (Lipinski definition) is 4. The lowest BCUT2D eigenvalue weighted by atomic mass is 9.79. The first-order chi connectivity index (χ1) is 12.0. The highest BCUT2D eigenvalue weighted by molar-refractivity contribution is 5.73. The Morgan fingerprint density at radius 3 is 2.72 bits per heavy atom. The monoisotopic (exact) mass is 339 g/mol. The number of carbonyl (C=O) groups excluding carboxylic acids is 1. The predicted molar refractivity (Wildman–Crippen MR) is 96.7 cm³/mol. The van der Waals surface area contributed by atoms with E-state index in [4.69, 9.17) is 0 Å². The van der Waals surface area contributed by atoms with Crippen LogP contribution in [0.1, 0.15) is 37.4 Å². The second kappa shape index (κ2) is 7.33. The fraction of sp³-hybridized carbons (Fsp3) is 0.400. The van der Waals surface area contributed by atoms with E-state index >= 15 is 0 Å². The summed E-state index contributed by atoms with van der Waals surface area (Å²) in [5, 5.41) is 13.9. The Bertz CT molecular complexity index is 703. The highest BCUT2D eigenvalue weighted by Gasteiger charge is 2.45. The molecule has 25 heavy (non-hydrogen) atoms. The second-order valence-corrected chi connectivity index (χ2v) is 6.97. The molecule has 3 rings (SSSR count). The van der Waals surface area contributed by atoms with Crippen molar-refractivity contribution in [2.45, 2.75) is 44.5 Å². The molecule has 0 spiro atoms. The molecule has 0 radical (unpaired) electrons. The molecule has 0 saturated carbocycles. The summed E-state index contributed by atoms with van der Waals surface area (Å²) in [6, 6.07) is 13.6. The zero-order valence-corrected chi connectivity index (χ0v) is 14.7. The van der Waals surface area contributed by atoms with Crippen LogP contribution in [0.3, 0.4) is 0 Å². The third-order valence-corrected chi connectivity index (χ3v) is 4.89. The normalized spacial score (nSPS) is 27.0. The molecule has 1 saturated heterocycles. The fourth-order valence-electron chi connectivity index (χ4n) is 3.63. The molecule has 1 aromatic heterocycles. The number of aromatic nitrogens is 1. The molecule has 2 N–H and O–H groups in total. The van der Waals surface area contributed by atoms with Crippen LogP contribution in [0.15, 0.2) is 54.9 Å². The molecular formula is C20H25N3O2. The molecule has 3 atom stereocenters. The quantitative estimate of drug-likeness (QED) is 0.897. The molecule has 1 aliphatic heterocycles. The third-order valence-electron chi connectivity index (χ3n) is 4.89. The number of hydrogen-bond donors (Lipinski definition) is 2. The average molecular weight is 339 g/mol. The zero-order valence-electron chi connectivity index (χ0n) is 14.7. The Hall–Kier alpha value is -2.24. The molecule has 1 aromatic carbocycles. The number of aliphatic hydroxyl groups is 1. The van der Waals surface area contributed by atoms with Gasteiger partial charge < -0.3 is 10.4 Å². The number of piperidine rings is 1. The topological polar surface area (TPSA) is 65.5 Å². The molecule has 5 nitrogen and oxygen atoms in total. The molecule has 0 bridgehead atoms. The van der Waals surface area contributed by atoms with Crippen molar-refractivity contribution < 1.29 is 9.90 Å². The highest BCUT2D eigenvalue weighted by Crippen LogP contribution is 2.37. The Balaban J connectivity index is 1.97. The number of rotatable bonds is 4. The molecule has 2 aromatic rings. The summed E-state index contributed by atoms with van der Waals surface area (Å²) in [6.07, 6.45) is 4.23. The van der Waals surface area contributed by atoms with Gasteiger partial charge in [0.2, 0.25) is 5.91 Å². The summed E-state index contributed by atoms with van der Waals surface area (Å²) in [6.45, 7) is 4.78. The molecule has 132 valence electrons. The maximum absolute atomic E-state index is 11.8. The van der Waals surface area contributed by atoms with E-state index in [2.05, 4.69) is 33.4 Å². The van der Waals surface area contributed by atoms with E-state index in [0.29, 0.717) is 6.42 Å². The number of amides is 1. The van der Waals surface area contributed by atoms with Gasteiger partial charge in [0.25, 0.3) is 0 Å².